The van der Waals surface area contributed by atoms with Gasteiger partial charge in [0.25, 0.3) is 5.79 Å². The number of benzene rings is 3. The van der Waals surface area contributed by atoms with Crippen molar-refractivity contribution in [1.82, 2.24) is 10.6 Å². The van der Waals surface area contributed by atoms with E-state index in [1.54, 1.807) is 18.2 Å². The monoisotopic (exact) mass is 1300 g/mol. The summed E-state index contributed by atoms with van der Waals surface area (Å²) >= 11 is 0. The molecule has 4 heterocycles. The molecule has 0 radical (unpaired) electrons. The van der Waals surface area contributed by atoms with E-state index in [0.717, 1.165) is 48.7 Å². The zero-order valence-electron chi connectivity index (χ0n) is 51.2. The average molecular weight is 1300 g/mol. The summed E-state index contributed by atoms with van der Waals surface area (Å²) in [5, 5.41) is 49.3. The summed E-state index contributed by atoms with van der Waals surface area (Å²) in [5.74, 6) is -14.2. The highest BCUT2D eigenvalue weighted by Crippen LogP contribution is 2.43. The molecule has 7 rings (SSSR count). The molecular formula is C61H74N2O29. The number of piperidine rings is 1. The Morgan fingerprint density at radius 2 is 1.14 bits per heavy atom. The fraction of sp³-hybridized carbons (Fsp3) is 0.541. The minimum absolute atomic E-state index is 0.0101. The lowest BCUT2D eigenvalue weighted by atomic mass is 9.87. The summed E-state index contributed by atoms with van der Waals surface area (Å²) in [6, 6.07) is 18.7. The second kappa shape index (κ2) is 32.5. The largest absolute Gasteiger partial charge is 0.465 e. The van der Waals surface area contributed by atoms with Crippen LogP contribution in [0.2, 0.25) is 0 Å². The molecule has 0 aromatic heterocycles. The molecule has 3 aromatic rings. The number of carbonyl (C=O) groups is 10. The zero-order chi connectivity index (χ0) is 67.1. The van der Waals surface area contributed by atoms with Crippen molar-refractivity contribution in [2.45, 2.75) is 177 Å². The predicted molar refractivity (Wildman–Crippen MR) is 303 cm³/mol. The molecule has 31 nitrogen and oxygen atoms in total. The van der Waals surface area contributed by atoms with E-state index in [0.29, 0.717) is 0 Å². The van der Waals surface area contributed by atoms with Gasteiger partial charge < -0.3 is 102 Å². The second-order valence-corrected chi connectivity index (χ2v) is 21.7. The molecule has 31 heteroatoms. The summed E-state index contributed by atoms with van der Waals surface area (Å²) in [5.41, 5.74) is -0.336. The van der Waals surface area contributed by atoms with E-state index in [-0.39, 0.29) is 23.2 Å². The Balaban J connectivity index is 1.52. The van der Waals surface area contributed by atoms with Gasteiger partial charge in [-0.15, -0.1) is 0 Å². The highest BCUT2D eigenvalue weighted by atomic mass is 16.8. The SMILES string of the molecule is COC(=O)[C@@]1(O[C@H]2[C@@H](OC(=O)c3ccccc3)[C@@H](COC(=O)c3ccccc3)O[C@@H](O[C@H]3[C@H](O[C@@H]4O[C@@H](C)[C@@H](O)[C@@H](O)[C@@H]4O)[C@@H](CO)NC[C@@H]3OC(C)=O)[C@@H]2OC(=O)c2ccccc2)C[C@H](OC(C)=O)[C@@H](NC(C)=O)[C@H]([C@H](OC(C)=O)[C@@H](COC(C)=O)OC(C)=O)O1. The maximum atomic E-state index is 15.3. The standard InChI is InChI=1S/C61H74N2O29/c1-29-45(71)46(72)47(73)58(81-29)89-48-39(26-64)62-25-41(83-33(5)68)49(48)90-59-54(88-57(76)38-22-16-11-17-23-38)53(51(87-56(75)37-20-14-10-15-21-37)43(86-59)28-80-55(74)36-18-12-9-13-19-36)92-61(60(77)78-8)24-40(82-32(4)67)44(63-30(2)65)52(91-61)50(85-35(7)70)42(84-34(6)69)27-79-31(3)66/h9-23,29,39-54,58-59,62,64,71-73H,24-28H2,1-8H3,(H,63,65)/t29-,39+,40-,41-,42+,43+,44+,45+,46+,47-,48+,49+,50+,51-,52+,53-,54+,58-,59-,61-/m0/s1. The van der Waals surface area contributed by atoms with Gasteiger partial charge in [0.05, 0.1) is 55.0 Å². The van der Waals surface area contributed by atoms with Crippen molar-refractivity contribution in [2.75, 3.05) is 33.5 Å². The average Bonchev–Trinajstić information content (AvgIpc) is 0.767. The summed E-state index contributed by atoms with van der Waals surface area (Å²) in [7, 11) is 0.845. The van der Waals surface area contributed by atoms with Crippen molar-refractivity contribution in [1.29, 1.82) is 0 Å². The third kappa shape index (κ3) is 18.1. The Hall–Kier alpha value is -8.08. The number of hydrogen-bond acceptors (Lipinski definition) is 30. The first-order valence-corrected chi connectivity index (χ1v) is 29.0. The highest BCUT2D eigenvalue weighted by Gasteiger charge is 2.64. The lowest BCUT2D eigenvalue weighted by molar-refractivity contribution is -0.380. The summed E-state index contributed by atoms with van der Waals surface area (Å²) in [6.45, 7) is 4.15. The van der Waals surface area contributed by atoms with Crippen LogP contribution in [-0.2, 0) is 105 Å². The topological polar surface area (TPSA) is 414 Å². The van der Waals surface area contributed by atoms with Crippen LogP contribution in [0.4, 0.5) is 0 Å². The van der Waals surface area contributed by atoms with Gasteiger partial charge in [-0.1, -0.05) is 54.6 Å². The molecule has 0 spiro atoms. The van der Waals surface area contributed by atoms with Gasteiger partial charge in [-0.2, -0.15) is 0 Å². The number of rotatable bonds is 24. The Morgan fingerprint density at radius 3 is 1.66 bits per heavy atom. The number of esters is 9. The highest BCUT2D eigenvalue weighted by molar-refractivity contribution is 5.91. The van der Waals surface area contributed by atoms with Gasteiger partial charge in [0.1, 0.15) is 74.3 Å². The van der Waals surface area contributed by atoms with E-state index >= 15 is 4.79 Å². The van der Waals surface area contributed by atoms with Gasteiger partial charge in [-0.25, -0.2) is 19.2 Å². The first kappa shape index (κ1) is 71.4. The zero-order valence-corrected chi connectivity index (χ0v) is 51.2. The van der Waals surface area contributed by atoms with Crippen LogP contribution in [0.1, 0.15) is 86.0 Å². The van der Waals surface area contributed by atoms with Crippen LogP contribution in [0.3, 0.4) is 0 Å². The molecule has 0 aliphatic carbocycles. The van der Waals surface area contributed by atoms with Crippen LogP contribution in [0, 0.1) is 0 Å². The fourth-order valence-electron chi connectivity index (χ4n) is 10.8. The summed E-state index contributed by atoms with van der Waals surface area (Å²) in [6.07, 6.45) is -33.9. The summed E-state index contributed by atoms with van der Waals surface area (Å²) in [4.78, 5) is 137. The molecule has 4 saturated heterocycles. The molecule has 0 unspecified atom stereocenters. The molecule has 6 N–H and O–H groups in total. The van der Waals surface area contributed by atoms with E-state index < -0.39 is 208 Å². The smallest absolute Gasteiger partial charge is 0.366 e. The first-order chi connectivity index (χ1) is 43.7. The van der Waals surface area contributed by atoms with Gasteiger partial charge in [-0.3, -0.25) is 28.8 Å². The quantitative estimate of drug-likeness (QED) is 0.0483. The molecule has 4 fully saturated rings. The van der Waals surface area contributed by atoms with Gasteiger partial charge in [-0.05, 0) is 43.3 Å². The van der Waals surface area contributed by atoms with E-state index in [9.17, 15) is 63.6 Å². The van der Waals surface area contributed by atoms with Crippen LogP contribution >= 0.6 is 0 Å². The number of hydrogen-bond donors (Lipinski definition) is 6. The number of amides is 1. The lowest BCUT2D eigenvalue weighted by Gasteiger charge is -2.52. The van der Waals surface area contributed by atoms with Gasteiger partial charge >= 0.3 is 53.7 Å². The Labute approximate surface area is 526 Å². The molecule has 0 bridgehead atoms. The van der Waals surface area contributed by atoms with Crippen molar-refractivity contribution in [3.8, 4) is 0 Å². The number of aliphatic hydroxyl groups excluding tert-OH is 4. The van der Waals surface area contributed by atoms with Gasteiger partial charge in [0, 0.05) is 48.1 Å². The molecule has 92 heavy (non-hydrogen) atoms. The fourth-order valence-corrected chi connectivity index (χ4v) is 10.8. The van der Waals surface area contributed by atoms with E-state index in [4.69, 9.17) is 71.1 Å². The molecule has 3 aromatic carbocycles. The molecule has 1 amide bonds. The number of aliphatic hydroxyl groups is 4. The first-order valence-electron chi connectivity index (χ1n) is 29.0. The van der Waals surface area contributed by atoms with Crippen molar-refractivity contribution in [3.63, 3.8) is 0 Å². The maximum absolute atomic E-state index is 15.3. The molecule has 4 aliphatic heterocycles. The predicted octanol–water partition coefficient (Wildman–Crippen LogP) is -0.580. The third-order valence-electron chi connectivity index (χ3n) is 14.9. The van der Waals surface area contributed by atoms with E-state index in [2.05, 4.69) is 10.6 Å². The Bertz CT molecular complexity index is 3050. The molecule has 4 aliphatic rings. The van der Waals surface area contributed by atoms with Crippen LogP contribution in [-0.4, -0.2) is 236 Å². The van der Waals surface area contributed by atoms with Crippen LogP contribution < -0.4 is 10.6 Å². The maximum Gasteiger partial charge on any atom is 0.366 e. The lowest BCUT2D eigenvalue weighted by Crippen LogP contribution is -2.72. The minimum atomic E-state index is -3.25. The Morgan fingerprint density at radius 1 is 0.598 bits per heavy atom. The van der Waals surface area contributed by atoms with Gasteiger partial charge in [0.15, 0.2) is 37.0 Å². The van der Waals surface area contributed by atoms with E-state index in [1.165, 1.54) is 79.7 Å². The van der Waals surface area contributed by atoms with Crippen molar-refractivity contribution >= 4 is 59.6 Å². The normalized spacial score (nSPS) is 30.9. The second-order valence-electron chi connectivity index (χ2n) is 21.7. The number of ether oxygens (including phenoxy) is 15. The number of carbonyl (C=O) groups excluding carboxylic acids is 10. The minimum Gasteiger partial charge on any atom is -0.465 e. The van der Waals surface area contributed by atoms with E-state index in [1.807, 2.05) is 0 Å². The number of nitrogens with one attached hydrogen (secondary N) is 2. The van der Waals surface area contributed by atoms with Crippen LogP contribution in [0.5, 0.6) is 0 Å². The molecular weight excluding hydrogens is 1220 g/mol. The van der Waals surface area contributed by atoms with Crippen LogP contribution in [0.25, 0.3) is 0 Å². The molecule has 0 saturated carbocycles. The summed E-state index contributed by atoms with van der Waals surface area (Å²) < 4.78 is 91.5. The third-order valence-corrected chi connectivity index (χ3v) is 14.9. The van der Waals surface area contributed by atoms with Gasteiger partial charge in [0.2, 0.25) is 5.91 Å². The Kier molecular flexibility index (Phi) is 25.2. The molecule has 502 valence electrons. The van der Waals surface area contributed by atoms with Crippen LogP contribution in [0.15, 0.2) is 91.0 Å². The molecule has 20 atom stereocenters. The van der Waals surface area contributed by atoms with Crippen molar-refractivity contribution in [2.24, 2.45) is 0 Å². The number of methoxy groups -OCH3 is 1. The van der Waals surface area contributed by atoms with Crippen molar-refractivity contribution in [3.05, 3.63) is 108 Å². The van der Waals surface area contributed by atoms with Crippen molar-refractivity contribution < 1.29 is 139 Å².